The van der Waals surface area contributed by atoms with Crippen molar-refractivity contribution in [1.82, 2.24) is 9.88 Å². The Morgan fingerprint density at radius 1 is 1.33 bits per heavy atom. The van der Waals surface area contributed by atoms with E-state index < -0.39 is 0 Å². The number of rotatable bonds is 3. The number of pyridine rings is 1. The number of likely N-dealkylation sites (tertiary alicyclic amines) is 1. The van der Waals surface area contributed by atoms with E-state index in [1.165, 1.54) is 0 Å². The molecule has 0 aliphatic carbocycles. The van der Waals surface area contributed by atoms with E-state index in [0.29, 0.717) is 19.4 Å². The monoisotopic (exact) mass is 248 g/mol. The fourth-order valence-electron chi connectivity index (χ4n) is 2.29. The molecule has 98 valence electrons. The van der Waals surface area contributed by atoms with Gasteiger partial charge in [-0.25, -0.2) is 0 Å². The van der Waals surface area contributed by atoms with Crippen molar-refractivity contribution in [2.75, 3.05) is 13.1 Å². The Balaban J connectivity index is 1.80. The Hall–Kier alpha value is -1.42. The van der Waals surface area contributed by atoms with Crippen LogP contribution < -0.4 is 0 Å². The maximum atomic E-state index is 12.1. The third-order valence-electron chi connectivity index (χ3n) is 3.43. The fourth-order valence-corrected chi connectivity index (χ4v) is 2.29. The number of carbonyl (C=O) groups excluding carboxylic acids is 1. The van der Waals surface area contributed by atoms with Crippen molar-refractivity contribution >= 4 is 5.91 Å². The average molecular weight is 248 g/mol. The zero-order valence-electron chi connectivity index (χ0n) is 10.6. The van der Waals surface area contributed by atoms with Crippen LogP contribution in [0.5, 0.6) is 0 Å². The standard InChI is InChI=1S/C14H20N2O2/c17-13-2-1-10-16(11-7-13)14(18)4-3-12-5-8-15-9-6-12/h5-6,8-9,13,17H,1-4,7,10-11H2. The van der Waals surface area contributed by atoms with E-state index in [0.717, 1.165) is 31.4 Å². The van der Waals surface area contributed by atoms with E-state index >= 15 is 0 Å². The summed E-state index contributed by atoms with van der Waals surface area (Å²) in [5.41, 5.74) is 1.15. The lowest BCUT2D eigenvalue weighted by Crippen LogP contribution is -2.32. The summed E-state index contributed by atoms with van der Waals surface area (Å²) in [6.45, 7) is 1.47. The molecule has 1 amide bonds. The molecule has 1 atom stereocenters. The van der Waals surface area contributed by atoms with Gasteiger partial charge in [0.05, 0.1) is 6.10 Å². The Morgan fingerprint density at radius 2 is 2.11 bits per heavy atom. The highest BCUT2D eigenvalue weighted by Crippen LogP contribution is 2.12. The molecule has 1 aromatic rings. The lowest BCUT2D eigenvalue weighted by atomic mass is 10.1. The van der Waals surface area contributed by atoms with Crippen molar-refractivity contribution < 1.29 is 9.90 Å². The van der Waals surface area contributed by atoms with E-state index in [2.05, 4.69) is 4.98 Å². The van der Waals surface area contributed by atoms with Gasteiger partial charge in [-0.15, -0.1) is 0 Å². The van der Waals surface area contributed by atoms with Crippen molar-refractivity contribution in [3.63, 3.8) is 0 Å². The third-order valence-corrected chi connectivity index (χ3v) is 3.43. The van der Waals surface area contributed by atoms with Crippen LogP contribution in [0.3, 0.4) is 0 Å². The molecule has 18 heavy (non-hydrogen) atoms. The summed E-state index contributed by atoms with van der Waals surface area (Å²) in [4.78, 5) is 17.9. The summed E-state index contributed by atoms with van der Waals surface area (Å²) in [6.07, 6.45) is 7.00. The van der Waals surface area contributed by atoms with Crippen LogP contribution in [0.25, 0.3) is 0 Å². The Kier molecular flexibility index (Phi) is 4.70. The van der Waals surface area contributed by atoms with Gasteiger partial charge in [0.1, 0.15) is 0 Å². The second-order valence-corrected chi connectivity index (χ2v) is 4.82. The molecule has 1 aromatic heterocycles. The van der Waals surface area contributed by atoms with Gasteiger partial charge < -0.3 is 10.0 Å². The molecule has 1 saturated heterocycles. The largest absolute Gasteiger partial charge is 0.393 e. The van der Waals surface area contributed by atoms with Crippen LogP contribution >= 0.6 is 0 Å². The van der Waals surface area contributed by atoms with E-state index in [-0.39, 0.29) is 12.0 Å². The first-order chi connectivity index (χ1) is 8.75. The van der Waals surface area contributed by atoms with Crippen LogP contribution in [-0.4, -0.2) is 40.1 Å². The summed E-state index contributed by atoms with van der Waals surface area (Å²) in [5, 5.41) is 9.55. The van der Waals surface area contributed by atoms with Crippen LogP contribution in [0.1, 0.15) is 31.2 Å². The Labute approximate surface area is 108 Å². The maximum absolute atomic E-state index is 12.1. The average Bonchev–Trinajstić information content (AvgIpc) is 2.62. The molecule has 4 heteroatoms. The molecule has 1 unspecified atom stereocenters. The smallest absolute Gasteiger partial charge is 0.222 e. The first-order valence-corrected chi connectivity index (χ1v) is 6.60. The van der Waals surface area contributed by atoms with Gasteiger partial charge in [0.25, 0.3) is 0 Å². The van der Waals surface area contributed by atoms with Crippen molar-refractivity contribution in [2.24, 2.45) is 0 Å². The van der Waals surface area contributed by atoms with E-state index in [9.17, 15) is 9.90 Å². The van der Waals surface area contributed by atoms with Crippen LogP contribution in [-0.2, 0) is 11.2 Å². The normalized spacial score (nSPS) is 20.5. The first-order valence-electron chi connectivity index (χ1n) is 6.60. The molecule has 2 rings (SSSR count). The van der Waals surface area contributed by atoms with Gasteiger partial charge in [-0.05, 0) is 43.4 Å². The van der Waals surface area contributed by atoms with Crippen LogP contribution in [0, 0.1) is 0 Å². The SMILES string of the molecule is O=C(CCc1ccncc1)N1CCCC(O)CC1. The molecule has 1 aliphatic rings. The number of hydrogen-bond acceptors (Lipinski definition) is 3. The van der Waals surface area contributed by atoms with E-state index in [1.54, 1.807) is 12.4 Å². The third kappa shape index (κ3) is 3.81. The van der Waals surface area contributed by atoms with Crippen molar-refractivity contribution in [3.05, 3.63) is 30.1 Å². The number of aliphatic hydroxyl groups is 1. The molecule has 1 aliphatic heterocycles. The zero-order valence-corrected chi connectivity index (χ0v) is 10.6. The topological polar surface area (TPSA) is 53.4 Å². The van der Waals surface area contributed by atoms with Crippen LogP contribution in [0.4, 0.5) is 0 Å². The molecule has 1 fully saturated rings. The lowest BCUT2D eigenvalue weighted by molar-refractivity contribution is -0.131. The lowest BCUT2D eigenvalue weighted by Gasteiger charge is -2.20. The second kappa shape index (κ2) is 6.50. The fraction of sp³-hybridized carbons (Fsp3) is 0.571. The van der Waals surface area contributed by atoms with E-state index in [4.69, 9.17) is 0 Å². The Bertz CT molecular complexity index is 381. The van der Waals surface area contributed by atoms with Crippen molar-refractivity contribution in [3.8, 4) is 0 Å². The highest BCUT2D eigenvalue weighted by molar-refractivity contribution is 5.76. The zero-order chi connectivity index (χ0) is 12.8. The number of amides is 1. The molecule has 0 aromatic carbocycles. The number of nitrogens with zero attached hydrogens (tertiary/aromatic N) is 2. The van der Waals surface area contributed by atoms with Gasteiger partial charge in [-0.1, -0.05) is 0 Å². The molecular weight excluding hydrogens is 228 g/mol. The second-order valence-electron chi connectivity index (χ2n) is 4.82. The Morgan fingerprint density at radius 3 is 2.89 bits per heavy atom. The minimum atomic E-state index is -0.233. The van der Waals surface area contributed by atoms with Gasteiger partial charge >= 0.3 is 0 Å². The van der Waals surface area contributed by atoms with Gasteiger partial charge in [-0.3, -0.25) is 9.78 Å². The summed E-state index contributed by atoms with van der Waals surface area (Å²) in [5.74, 6) is 0.195. The van der Waals surface area contributed by atoms with Gasteiger partial charge in [0.15, 0.2) is 0 Å². The molecule has 4 nitrogen and oxygen atoms in total. The molecular formula is C14H20N2O2. The predicted molar refractivity (Wildman–Crippen MR) is 69.0 cm³/mol. The van der Waals surface area contributed by atoms with Crippen molar-refractivity contribution in [2.45, 2.75) is 38.2 Å². The van der Waals surface area contributed by atoms with Crippen LogP contribution in [0.2, 0.25) is 0 Å². The minimum absolute atomic E-state index is 0.195. The van der Waals surface area contributed by atoms with Gasteiger partial charge in [-0.2, -0.15) is 0 Å². The number of hydrogen-bond donors (Lipinski definition) is 1. The highest BCUT2D eigenvalue weighted by Gasteiger charge is 2.18. The molecule has 0 radical (unpaired) electrons. The summed E-state index contributed by atoms with van der Waals surface area (Å²) in [7, 11) is 0. The predicted octanol–water partition coefficient (Wildman–Crippen LogP) is 1.39. The quantitative estimate of drug-likeness (QED) is 0.879. The highest BCUT2D eigenvalue weighted by atomic mass is 16.3. The summed E-state index contributed by atoms with van der Waals surface area (Å²) < 4.78 is 0. The number of aromatic nitrogens is 1. The number of carbonyl (C=O) groups is 1. The number of aryl methyl sites for hydroxylation is 1. The number of aliphatic hydroxyl groups excluding tert-OH is 1. The summed E-state index contributed by atoms with van der Waals surface area (Å²) >= 11 is 0. The van der Waals surface area contributed by atoms with Gasteiger partial charge in [0, 0.05) is 31.9 Å². The minimum Gasteiger partial charge on any atom is -0.393 e. The van der Waals surface area contributed by atoms with Crippen molar-refractivity contribution in [1.29, 1.82) is 0 Å². The molecule has 1 N–H and O–H groups in total. The molecule has 0 bridgehead atoms. The maximum Gasteiger partial charge on any atom is 0.222 e. The van der Waals surface area contributed by atoms with Crippen LogP contribution in [0.15, 0.2) is 24.5 Å². The molecule has 2 heterocycles. The first kappa shape index (κ1) is 13.0. The summed E-state index contributed by atoms with van der Waals surface area (Å²) in [6, 6.07) is 3.89. The van der Waals surface area contributed by atoms with Gasteiger partial charge in [0.2, 0.25) is 5.91 Å². The molecule has 0 saturated carbocycles. The van der Waals surface area contributed by atoms with E-state index in [1.807, 2.05) is 17.0 Å². The molecule has 0 spiro atoms.